The van der Waals surface area contributed by atoms with Gasteiger partial charge in [-0.3, -0.25) is 4.79 Å². The van der Waals surface area contributed by atoms with Crippen molar-refractivity contribution in [3.63, 3.8) is 0 Å². The predicted octanol–water partition coefficient (Wildman–Crippen LogP) is 0.790. The van der Waals surface area contributed by atoms with Crippen molar-refractivity contribution in [1.29, 1.82) is 0 Å². The van der Waals surface area contributed by atoms with Gasteiger partial charge in [0.15, 0.2) is 0 Å². The molecule has 21 heavy (non-hydrogen) atoms. The maximum atomic E-state index is 12.0. The van der Waals surface area contributed by atoms with Crippen LogP contribution in [0.15, 0.2) is 33.5 Å². The quantitative estimate of drug-likeness (QED) is 0.639. The number of nitrogens with one attached hydrogen (secondary N) is 1. The molecule has 2 aromatic rings. The van der Waals surface area contributed by atoms with Gasteiger partial charge in [-0.05, 0) is 19.1 Å². The van der Waals surface area contributed by atoms with E-state index in [0.717, 1.165) is 0 Å². The molecule has 1 aromatic heterocycles. The first kappa shape index (κ1) is 14.6. The molecule has 1 atom stereocenters. The standard InChI is InChI=1S/C14H13NO6/c1-7(14(19)20-2)15-13(18)9-5-8-3-4-12(17)21-11(8)6-10(9)16/h3-7,16H,1-2H3,(H,15,18). The van der Waals surface area contributed by atoms with Gasteiger partial charge in [-0.25, -0.2) is 9.59 Å². The molecule has 1 heterocycles. The van der Waals surface area contributed by atoms with Gasteiger partial charge in [0.05, 0.1) is 12.7 Å². The van der Waals surface area contributed by atoms with Crippen LogP contribution in [-0.4, -0.2) is 30.1 Å². The molecule has 0 fully saturated rings. The van der Waals surface area contributed by atoms with Crippen molar-refractivity contribution in [2.45, 2.75) is 13.0 Å². The van der Waals surface area contributed by atoms with Gasteiger partial charge in [-0.1, -0.05) is 0 Å². The number of methoxy groups -OCH3 is 1. The van der Waals surface area contributed by atoms with Crippen molar-refractivity contribution in [2.24, 2.45) is 0 Å². The van der Waals surface area contributed by atoms with Crippen molar-refractivity contribution in [1.82, 2.24) is 5.32 Å². The molecule has 7 heteroatoms. The Balaban J connectivity index is 2.35. The molecule has 0 saturated carbocycles. The van der Waals surface area contributed by atoms with Crippen LogP contribution in [0.1, 0.15) is 17.3 Å². The summed E-state index contributed by atoms with van der Waals surface area (Å²) in [6.07, 6.45) is 0. The zero-order valence-corrected chi connectivity index (χ0v) is 11.4. The number of carbonyl (C=O) groups excluding carboxylic acids is 2. The molecule has 1 unspecified atom stereocenters. The van der Waals surface area contributed by atoms with Crippen molar-refractivity contribution >= 4 is 22.8 Å². The number of hydrogen-bond donors (Lipinski definition) is 2. The molecular formula is C14H13NO6. The molecule has 1 amide bonds. The SMILES string of the molecule is COC(=O)C(C)NC(=O)c1cc2ccc(=O)oc2cc1O. The molecule has 0 bridgehead atoms. The van der Waals surface area contributed by atoms with Gasteiger partial charge in [0.25, 0.3) is 5.91 Å². The second-order valence-corrected chi connectivity index (χ2v) is 4.38. The number of carbonyl (C=O) groups is 2. The zero-order chi connectivity index (χ0) is 15.6. The lowest BCUT2D eigenvalue weighted by molar-refractivity contribution is -0.142. The van der Waals surface area contributed by atoms with E-state index in [1.807, 2.05) is 0 Å². The summed E-state index contributed by atoms with van der Waals surface area (Å²) in [7, 11) is 1.21. The lowest BCUT2D eigenvalue weighted by Gasteiger charge is -2.12. The first-order chi connectivity index (χ1) is 9.92. The number of rotatable bonds is 3. The van der Waals surface area contributed by atoms with E-state index in [0.29, 0.717) is 5.39 Å². The van der Waals surface area contributed by atoms with Gasteiger partial charge >= 0.3 is 11.6 Å². The summed E-state index contributed by atoms with van der Waals surface area (Å²) in [6.45, 7) is 1.46. The van der Waals surface area contributed by atoms with E-state index in [-0.39, 0.29) is 16.9 Å². The molecule has 110 valence electrons. The number of phenols is 1. The monoisotopic (exact) mass is 291 g/mol. The van der Waals surface area contributed by atoms with E-state index < -0.39 is 23.5 Å². The number of ether oxygens (including phenoxy) is 1. The van der Waals surface area contributed by atoms with E-state index in [1.54, 1.807) is 0 Å². The largest absolute Gasteiger partial charge is 0.507 e. The predicted molar refractivity (Wildman–Crippen MR) is 73.1 cm³/mol. The molecule has 0 radical (unpaired) electrons. The first-order valence-electron chi connectivity index (χ1n) is 6.08. The third-order valence-corrected chi connectivity index (χ3v) is 2.88. The molecule has 0 aliphatic heterocycles. The average molecular weight is 291 g/mol. The van der Waals surface area contributed by atoms with Crippen LogP contribution >= 0.6 is 0 Å². The Labute approximate surface area is 119 Å². The molecule has 0 aliphatic carbocycles. The summed E-state index contributed by atoms with van der Waals surface area (Å²) in [4.78, 5) is 34.4. The fourth-order valence-electron chi connectivity index (χ4n) is 1.80. The number of amides is 1. The molecule has 0 spiro atoms. The normalized spacial score (nSPS) is 11.9. The number of esters is 1. The highest BCUT2D eigenvalue weighted by Crippen LogP contribution is 2.24. The summed E-state index contributed by atoms with van der Waals surface area (Å²) in [5, 5.41) is 12.7. The molecule has 2 N–H and O–H groups in total. The van der Waals surface area contributed by atoms with Crippen LogP contribution in [-0.2, 0) is 9.53 Å². The number of aromatic hydroxyl groups is 1. The summed E-state index contributed by atoms with van der Waals surface area (Å²) in [5.74, 6) is -1.60. The summed E-state index contributed by atoms with van der Waals surface area (Å²) in [6, 6.07) is 4.37. The van der Waals surface area contributed by atoms with Crippen molar-refractivity contribution in [3.8, 4) is 5.75 Å². The van der Waals surface area contributed by atoms with Crippen molar-refractivity contribution < 1.29 is 23.8 Å². The van der Waals surface area contributed by atoms with Crippen molar-refractivity contribution in [2.75, 3.05) is 7.11 Å². The Bertz CT molecular complexity index is 764. The topological polar surface area (TPSA) is 106 Å². The summed E-state index contributed by atoms with van der Waals surface area (Å²) in [5.41, 5.74) is -0.428. The van der Waals surface area contributed by atoms with Crippen LogP contribution < -0.4 is 10.9 Å². The third kappa shape index (κ3) is 3.02. The molecular weight excluding hydrogens is 278 g/mol. The van der Waals surface area contributed by atoms with Gasteiger partial charge in [0, 0.05) is 17.5 Å². The third-order valence-electron chi connectivity index (χ3n) is 2.88. The van der Waals surface area contributed by atoms with Crippen LogP contribution in [0.25, 0.3) is 11.0 Å². The fraction of sp³-hybridized carbons (Fsp3) is 0.214. The van der Waals surface area contributed by atoms with Crippen LogP contribution in [0.3, 0.4) is 0 Å². The van der Waals surface area contributed by atoms with E-state index >= 15 is 0 Å². The number of hydrogen-bond acceptors (Lipinski definition) is 6. The van der Waals surface area contributed by atoms with Crippen LogP contribution in [0.2, 0.25) is 0 Å². The van der Waals surface area contributed by atoms with Crippen molar-refractivity contribution in [3.05, 3.63) is 40.2 Å². The minimum atomic E-state index is -0.855. The Kier molecular flexibility index (Phi) is 3.93. The molecule has 1 aromatic carbocycles. The van der Waals surface area contributed by atoms with Crippen LogP contribution in [0.5, 0.6) is 5.75 Å². The Morgan fingerprint density at radius 3 is 2.71 bits per heavy atom. The van der Waals surface area contributed by atoms with E-state index in [1.165, 1.54) is 38.3 Å². The lowest BCUT2D eigenvalue weighted by atomic mass is 10.1. The smallest absolute Gasteiger partial charge is 0.336 e. The Hall–Kier alpha value is -2.83. The number of benzene rings is 1. The molecule has 2 rings (SSSR count). The number of fused-ring (bicyclic) bond motifs is 1. The van der Waals surface area contributed by atoms with E-state index in [4.69, 9.17) is 4.42 Å². The maximum Gasteiger partial charge on any atom is 0.336 e. The molecule has 0 aliphatic rings. The van der Waals surface area contributed by atoms with E-state index in [9.17, 15) is 19.5 Å². The summed E-state index contributed by atoms with van der Waals surface area (Å²) < 4.78 is 9.39. The van der Waals surface area contributed by atoms with Gasteiger partial charge in [0.2, 0.25) is 0 Å². The van der Waals surface area contributed by atoms with Gasteiger partial charge < -0.3 is 19.6 Å². The second kappa shape index (κ2) is 5.66. The zero-order valence-electron chi connectivity index (χ0n) is 11.4. The highest BCUT2D eigenvalue weighted by Gasteiger charge is 2.19. The maximum absolute atomic E-state index is 12.0. The Morgan fingerprint density at radius 2 is 2.05 bits per heavy atom. The lowest BCUT2D eigenvalue weighted by Crippen LogP contribution is -2.39. The van der Waals surface area contributed by atoms with Crippen LogP contribution in [0.4, 0.5) is 0 Å². The van der Waals surface area contributed by atoms with Gasteiger partial charge in [0.1, 0.15) is 17.4 Å². The second-order valence-electron chi connectivity index (χ2n) is 4.38. The Morgan fingerprint density at radius 1 is 1.33 bits per heavy atom. The highest BCUT2D eigenvalue weighted by atomic mass is 16.5. The van der Waals surface area contributed by atoms with Crippen LogP contribution in [0, 0.1) is 0 Å². The fourth-order valence-corrected chi connectivity index (χ4v) is 1.80. The molecule has 0 saturated heterocycles. The highest BCUT2D eigenvalue weighted by molar-refractivity contribution is 6.02. The first-order valence-corrected chi connectivity index (χ1v) is 6.08. The number of phenolic OH excluding ortho intramolecular Hbond substituents is 1. The average Bonchev–Trinajstić information content (AvgIpc) is 2.45. The molecule has 7 nitrogen and oxygen atoms in total. The van der Waals surface area contributed by atoms with Gasteiger partial charge in [-0.15, -0.1) is 0 Å². The minimum Gasteiger partial charge on any atom is -0.507 e. The van der Waals surface area contributed by atoms with E-state index in [2.05, 4.69) is 10.1 Å². The van der Waals surface area contributed by atoms with Gasteiger partial charge in [-0.2, -0.15) is 0 Å². The summed E-state index contributed by atoms with van der Waals surface area (Å²) >= 11 is 0. The minimum absolute atomic E-state index is 0.0351.